The standard InChI is InChI=1S/C12H17F3N2O/c1-4-18-12(2,3)11(17-16)7-5-6-8(13)10(15)9(7)14/h5-6,11,17H,4,16H2,1-3H3. The van der Waals surface area contributed by atoms with Crippen LogP contribution in [0.3, 0.4) is 0 Å². The lowest BCUT2D eigenvalue weighted by molar-refractivity contribution is -0.0402. The van der Waals surface area contributed by atoms with Crippen molar-refractivity contribution in [2.75, 3.05) is 6.61 Å². The topological polar surface area (TPSA) is 47.3 Å². The maximum absolute atomic E-state index is 13.7. The Labute approximate surface area is 104 Å². The van der Waals surface area contributed by atoms with Crippen LogP contribution >= 0.6 is 0 Å². The number of benzene rings is 1. The number of hydrazine groups is 1. The molecule has 1 unspecified atom stereocenters. The summed E-state index contributed by atoms with van der Waals surface area (Å²) in [6, 6.07) is 1.21. The Hall–Kier alpha value is -1.11. The van der Waals surface area contributed by atoms with Gasteiger partial charge in [-0.25, -0.2) is 18.6 Å². The predicted molar refractivity (Wildman–Crippen MR) is 62.1 cm³/mol. The Morgan fingerprint density at radius 3 is 2.39 bits per heavy atom. The van der Waals surface area contributed by atoms with Gasteiger partial charge in [-0.15, -0.1) is 0 Å². The van der Waals surface area contributed by atoms with E-state index in [9.17, 15) is 13.2 Å². The van der Waals surface area contributed by atoms with Crippen molar-refractivity contribution in [3.63, 3.8) is 0 Å². The third-order valence-electron chi connectivity index (χ3n) is 2.75. The molecule has 0 aromatic heterocycles. The molecule has 102 valence electrons. The summed E-state index contributed by atoms with van der Waals surface area (Å²) in [5.74, 6) is 1.36. The second-order valence-electron chi connectivity index (χ2n) is 4.40. The fourth-order valence-electron chi connectivity index (χ4n) is 1.88. The molecule has 0 aliphatic carbocycles. The van der Waals surface area contributed by atoms with Crippen LogP contribution in [0.2, 0.25) is 0 Å². The molecule has 0 bridgehead atoms. The average Bonchev–Trinajstić information content (AvgIpc) is 2.29. The largest absolute Gasteiger partial charge is 0.374 e. The zero-order chi connectivity index (χ0) is 13.9. The summed E-state index contributed by atoms with van der Waals surface area (Å²) in [7, 11) is 0. The van der Waals surface area contributed by atoms with Gasteiger partial charge in [0.15, 0.2) is 17.5 Å². The smallest absolute Gasteiger partial charge is 0.194 e. The minimum absolute atomic E-state index is 0.0742. The second kappa shape index (κ2) is 5.69. The molecule has 1 aromatic rings. The summed E-state index contributed by atoms with van der Waals surface area (Å²) in [6.07, 6.45) is 0. The molecule has 0 fully saturated rings. The molecule has 0 aliphatic rings. The third kappa shape index (κ3) is 2.82. The lowest BCUT2D eigenvalue weighted by atomic mass is 9.91. The van der Waals surface area contributed by atoms with Crippen LogP contribution in [0.25, 0.3) is 0 Å². The molecule has 3 nitrogen and oxygen atoms in total. The molecular weight excluding hydrogens is 245 g/mol. The van der Waals surface area contributed by atoms with E-state index in [4.69, 9.17) is 10.6 Å². The zero-order valence-corrected chi connectivity index (χ0v) is 10.6. The van der Waals surface area contributed by atoms with Crippen LogP contribution in [-0.2, 0) is 4.74 Å². The lowest BCUT2D eigenvalue weighted by Gasteiger charge is -2.34. The number of rotatable bonds is 5. The van der Waals surface area contributed by atoms with Crippen molar-refractivity contribution in [3.05, 3.63) is 35.1 Å². The number of nitrogens with one attached hydrogen (secondary N) is 1. The molecule has 1 aromatic carbocycles. The Morgan fingerprint density at radius 2 is 1.89 bits per heavy atom. The van der Waals surface area contributed by atoms with Crippen LogP contribution in [0, 0.1) is 17.5 Å². The molecule has 0 saturated heterocycles. The summed E-state index contributed by atoms with van der Waals surface area (Å²) >= 11 is 0. The molecule has 0 spiro atoms. The van der Waals surface area contributed by atoms with E-state index < -0.39 is 29.1 Å². The van der Waals surface area contributed by atoms with Crippen LogP contribution in [0.5, 0.6) is 0 Å². The van der Waals surface area contributed by atoms with Crippen molar-refractivity contribution < 1.29 is 17.9 Å². The highest BCUT2D eigenvalue weighted by atomic mass is 19.2. The van der Waals surface area contributed by atoms with E-state index in [1.54, 1.807) is 20.8 Å². The lowest BCUT2D eigenvalue weighted by Crippen LogP contribution is -2.45. The molecule has 3 N–H and O–H groups in total. The maximum atomic E-state index is 13.7. The quantitative estimate of drug-likeness (QED) is 0.486. The average molecular weight is 262 g/mol. The van der Waals surface area contributed by atoms with E-state index in [-0.39, 0.29) is 5.56 Å². The summed E-state index contributed by atoms with van der Waals surface area (Å²) in [4.78, 5) is 0. The molecule has 1 rings (SSSR count). The fraction of sp³-hybridized carbons (Fsp3) is 0.500. The van der Waals surface area contributed by atoms with Crippen LogP contribution in [-0.4, -0.2) is 12.2 Å². The number of nitrogens with two attached hydrogens (primary N) is 1. The van der Waals surface area contributed by atoms with Crippen molar-refractivity contribution >= 4 is 0 Å². The van der Waals surface area contributed by atoms with Gasteiger partial charge in [-0.2, -0.15) is 0 Å². The van der Waals surface area contributed by atoms with E-state index in [1.165, 1.54) is 0 Å². The highest BCUT2D eigenvalue weighted by molar-refractivity contribution is 5.25. The predicted octanol–water partition coefficient (Wildman–Crippen LogP) is 2.42. The number of hydrogen-bond donors (Lipinski definition) is 2. The molecule has 6 heteroatoms. The van der Waals surface area contributed by atoms with Crippen molar-refractivity contribution in [3.8, 4) is 0 Å². The Bertz CT molecular complexity index is 424. The molecule has 0 amide bonds. The number of hydrogen-bond acceptors (Lipinski definition) is 3. The maximum Gasteiger partial charge on any atom is 0.194 e. The van der Waals surface area contributed by atoms with Gasteiger partial charge in [0.25, 0.3) is 0 Å². The number of halogens is 3. The summed E-state index contributed by atoms with van der Waals surface area (Å²) in [5, 5.41) is 0. The van der Waals surface area contributed by atoms with Gasteiger partial charge >= 0.3 is 0 Å². The Balaban J connectivity index is 3.22. The summed E-state index contributed by atoms with van der Waals surface area (Å²) in [5.41, 5.74) is 1.44. The monoisotopic (exact) mass is 262 g/mol. The molecule has 0 heterocycles. The van der Waals surface area contributed by atoms with Crippen molar-refractivity contribution in [2.45, 2.75) is 32.4 Å². The van der Waals surface area contributed by atoms with Crippen LogP contribution in [0.15, 0.2) is 12.1 Å². The summed E-state index contributed by atoms with van der Waals surface area (Å²) in [6.45, 7) is 5.52. The molecule has 0 radical (unpaired) electrons. The van der Waals surface area contributed by atoms with E-state index >= 15 is 0 Å². The van der Waals surface area contributed by atoms with Gasteiger partial charge in [-0.05, 0) is 26.8 Å². The molecular formula is C12H17F3N2O. The minimum Gasteiger partial charge on any atom is -0.374 e. The number of ether oxygens (including phenoxy) is 1. The van der Waals surface area contributed by atoms with Crippen LogP contribution in [0.1, 0.15) is 32.4 Å². The fourth-order valence-corrected chi connectivity index (χ4v) is 1.88. The van der Waals surface area contributed by atoms with Crippen molar-refractivity contribution in [2.24, 2.45) is 5.84 Å². The van der Waals surface area contributed by atoms with Gasteiger partial charge in [-0.1, -0.05) is 6.07 Å². The van der Waals surface area contributed by atoms with E-state index in [0.29, 0.717) is 6.61 Å². The van der Waals surface area contributed by atoms with Crippen LogP contribution in [0.4, 0.5) is 13.2 Å². The Morgan fingerprint density at radius 1 is 1.28 bits per heavy atom. The van der Waals surface area contributed by atoms with E-state index in [2.05, 4.69) is 5.43 Å². The first-order valence-electron chi connectivity index (χ1n) is 5.58. The summed E-state index contributed by atoms with van der Waals surface area (Å²) < 4.78 is 45.2. The SMILES string of the molecule is CCOC(C)(C)C(NN)c1ccc(F)c(F)c1F. The van der Waals surface area contributed by atoms with Gasteiger partial charge in [0.05, 0.1) is 11.6 Å². The van der Waals surface area contributed by atoms with Crippen molar-refractivity contribution in [1.29, 1.82) is 0 Å². The van der Waals surface area contributed by atoms with Gasteiger partial charge in [0, 0.05) is 12.2 Å². The van der Waals surface area contributed by atoms with E-state index in [1.807, 2.05) is 0 Å². The Kier molecular flexibility index (Phi) is 4.72. The van der Waals surface area contributed by atoms with Gasteiger partial charge < -0.3 is 4.74 Å². The third-order valence-corrected chi connectivity index (χ3v) is 2.75. The molecule has 0 saturated carbocycles. The minimum atomic E-state index is -1.51. The molecule has 1 atom stereocenters. The highest BCUT2D eigenvalue weighted by Gasteiger charge is 2.33. The van der Waals surface area contributed by atoms with Gasteiger partial charge in [0.2, 0.25) is 0 Å². The first-order valence-corrected chi connectivity index (χ1v) is 5.58. The molecule has 0 aliphatic heterocycles. The first-order chi connectivity index (χ1) is 8.35. The first kappa shape index (κ1) is 14.9. The van der Waals surface area contributed by atoms with Crippen molar-refractivity contribution in [1.82, 2.24) is 5.43 Å². The van der Waals surface area contributed by atoms with Gasteiger partial charge in [0.1, 0.15) is 0 Å². The van der Waals surface area contributed by atoms with Crippen LogP contribution < -0.4 is 11.3 Å². The molecule has 18 heavy (non-hydrogen) atoms. The second-order valence-corrected chi connectivity index (χ2v) is 4.40. The van der Waals surface area contributed by atoms with Gasteiger partial charge in [-0.3, -0.25) is 5.84 Å². The highest BCUT2D eigenvalue weighted by Crippen LogP contribution is 2.31. The normalized spacial score (nSPS) is 13.7. The zero-order valence-electron chi connectivity index (χ0n) is 10.6. The van der Waals surface area contributed by atoms with E-state index in [0.717, 1.165) is 12.1 Å².